The van der Waals surface area contributed by atoms with Gasteiger partial charge in [-0.25, -0.2) is 0 Å². The van der Waals surface area contributed by atoms with E-state index in [0.717, 1.165) is 5.56 Å². The SMILES string of the molecule is CCOc1ccc(NC(=O)CN(C)Cc2nc(-c3ccccc3)no2)cc1OCC. The van der Waals surface area contributed by atoms with E-state index < -0.39 is 0 Å². The molecule has 0 aliphatic rings. The third kappa shape index (κ3) is 5.81. The molecule has 1 heterocycles. The van der Waals surface area contributed by atoms with Gasteiger partial charge < -0.3 is 19.3 Å². The van der Waals surface area contributed by atoms with Crippen molar-refractivity contribution in [2.75, 3.05) is 32.1 Å². The summed E-state index contributed by atoms with van der Waals surface area (Å²) >= 11 is 0. The summed E-state index contributed by atoms with van der Waals surface area (Å²) in [5.41, 5.74) is 1.53. The maximum Gasteiger partial charge on any atom is 0.241 e. The van der Waals surface area contributed by atoms with E-state index in [1.165, 1.54) is 0 Å². The van der Waals surface area contributed by atoms with E-state index in [9.17, 15) is 4.79 Å². The van der Waals surface area contributed by atoms with E-state index in [-0.39, 0.29) is 12.5 Å². The lowest BCUT2D eigenvalue weighted by molar-refractivity contribution is -0.117. The Bertz CT molecular complexity index is 959. The highest BCUT2D eigenvalue weighted by atomic mass is 16.5. The zero-order valence-corrected chi connectivity index (χ0v) is 17.4. The van der Waals surface area contributed by atoms with Crippen LogP contribution in [0.15, 0.2) is 53.1 Å². The van der Waals surface area contributed by atoms with Gasteiger partial charge in [-0.2, -0.15) is 4.98 Å². The molecule has 0 saturated carbocycles. The molecule has 0 unspecified atom stereocenters. The van der Waals surface area contributed by atoms with Gasteiger partial charge >= 0.3 is 0 Å². The highest BCUT2D eigenvalue weighted by Gasteiger charge is 2.14. The normalized spacial score (nSPS) is 10.8. The number of hydrogen-bond acceptors (Lipinski definition) is 7. The van der Waals surface area contributed by atoms with E-state index in [2.05, 4.69) is 15.5 Å². The van der Waals surface area contributed by atoms with Crippen molar-refractivity contribution in [3.8, 4) is 22.9 Å². The Labute approximate surface area is 175 Å². The van der Waals surface area contributed by atoms with Gasteiger partial charge in [0.15, 0.2) is 11.5 Å². The van der Waals surface area contributed by atoms with Crippen LogP contribution in [0, 0.1) is 0 Å². The number of nitrogens with zero attached hydrogens (tertiary/aromatic N) is 3. The molecule has 0 saturated heterocycles. The van der Waals surface area contributed by atoms with Gasteiger partial charge in [-0.15, -0.1) is 0 Å². The van der Waals surface area contributed by atoms with Crippen LogP contribution in [0.1, 0.15) is 19.7 Å². The summed E-state index contributed by atoms with van der Waals surface area (Å²) in [6.07, 6.45) is 0. The number of benzene rings is 2. The van der Waals surface area contributed by atoms with E-state index in [1.54, 1.807) is 23.1 Å². The molecule has 8 heteroatoms. The number of hydrogen-bond donors (Lipinski definition) is 1. The van der Waals surface area contributed by atoms with Gasteiger partial charge in [0.2, 0.25) is 17.6 Å². The Hall–Kier alpha value is -3.39. The van der Waals surface area contributed by atoms with Gasteiger partial charge in [0.1, 0.15) is 0 Å². The molecular formula is C22H26N4O4. The molecular weight excluding hydrogens is 384 g/mol. The fourth-order valence-electron chi connectivity index (χ4n) is 2.88. The molecule has 0 aliphatic carbocycles. The second-order valence-corrected chi connectivity index (χ2v) is 6.63. The van der Waals surface area contributed by atoms with Gasteiger partial charge in [-0.05, 0) is 33.0 Å². The lowest BCUT2D eigenvalue weighted by Gasteiger charge is -2.15. The van der Waals surface area contributed by atoms with Gasteiger partial charge in [-0.1, -0.05) is 35.5 Å². The number of likely N-dealkylation sites (N-methyl/N-ethyl adjacent to an activating group) is 1. The Morgan fingerprint density at radius 1 is 1.07 bits per heavy atom. The maximum atomic E-state index is 12.4. The molecule has 2 aromatic carbocycles. The summed E-state index contributed by atoms with van der Waals surface area (Å²) in [5.74, 6) is 2.07. The number of carbonyl (C=O) groups excluding carboxylic acids is 1. The third-order valence-corrected chi connectivity index (χ3v) is 4.15. The molecule has 158 valence electrons. The molecule has 0 bridgehead atoms. The average molecular weight is 410 g/mol. The van der Waals surface area contributed by atoms with E-state index in [1.807, 2.05) is 51.2 Å². The first kappa shape index (κ1) is 21.3. The summed E-state index contributed by atoms with van der Waals surface area (Å²) in [6, 6.07) is 14.9. The fourth-order valence-corrected chi connectivity index (χ4v) is 2.88. The Balaban J connectivity index is 1.56. The third-order valence-electron chi connectivity index (χ3n) is 4.15. The van der Waals surface area contributed by atoms with Crippen LogP contribution in [0.5, 0.6) is 11.5 Å². The highest BCUT2D eigenvalue weighted by Crippen LogP contribution is 2.30. The van der Waals surface area contributed by atoms with Crippen molar-refractivity contribution in [1.29, 1.82) is 0 Å². The van der Waals surface area contributed by atoms with Gasteiger partial charge in [0.25, 0.3) is 0 Å². The highest BCUT2D eigenvalue weighted by molar-refractivity contribution is 5.92. The van der Waals surface area contributed by atoms with Crippen molar-refractivity contribution >= 4 is 11.6 Å². The summed E-state index contributed by atoms with van der Waals surface area (Å²) in [6.45, 7) is 5.39. The number of carbonyl (C=O) groups is 1. The molecule has 3 rings (SSSR count). The van der Waals surface area contributed by atoms with E-state index >= 15 is 0 Å². The van der Waals surface area contributed by atoms with Crippen LogP contribution in [0.2, 0.25) is 0 Å². The predicted octanol–water partition coefficient (Wildman–Crippen LogP) is 3.60. The second kappa shape index (κ2) is 10.4. The minimum Gasteiger partial charge on any atom is -0.490 e. The summed E-state index contributed by atoms with van der Waals surface area (Å²) < 4.78 is 16.4. The molecule has 3 aromatic rings. The zero-order chi connectivity index (χ0) is 21.3. The fraction of sp³-hybridized carbons (Fsp3) is 0.318. The number of ether oxygens (including phenoxy) is 2. The smallest absolute Gasteiger partial charge is 0.241 e. The van der Waals surface area contributed by atoms with Gasteiger partial charge in [0, 0.05) is 17.3 Å². The maximum absolute atomic E-state index is 12.4. The first-order valence-corrected chi connectivity index (χ1v) is 9.85. The molecule has 30 heavy (non-hydrogen) atoms. The molecule has 0 atom stereocenters. The molecule has 0 fully saturated rings. The first-order valence-electron chi connectivity index (χ1n) is 9.85. The van der Waals surface area contributed by atoms with Gasteiger partial charge in [-0.3, -0.25) is 9.69 Å². The van der Waals surface area contributed by atoms with Crippen LogP contribution >= 0.6 is 0 Å². The van der Waals surface area contributed by atoms with Crippen molar-refractivity contribution < 1.29 is 18.8 Å². The average Bonchev–Trinajstić information content (AvgIpc) is 3.19. The Kier molecular flexibility index (Phi) is 7.40. The van der Waals surface area contributed by atoms with Crippen LogP contribution in [0.25, 0.3) is 11.4 Å². The predicted molar refractivity (Wildman–Crippen MR) is 113 cm³/mol. The number of anilines is 1. The molecule has 8 nitrogen and oxygen atoms in total. The molecule has 0 radical (unpaired) electrons. The summed E-state index contributed by atoms with van der Waals surface area (Å²) in [5, 5.41) is 6.87. The van der Waals surface area contributed by atoms with Crippen molar-refractivity contribution in [3.05, 3.63) is 54.4 Å². The number of rotatable bonds is 10. The number of amides is 1. The van der Waals surface area contributed by atoms with Crippen LogP contribution in [0.4, 0.5) is 5.69 Å². The quantitative estimate of drug-likeness (QED) is 0.546. The van der Waals surface area contributed by atoms with Crippen molar-refractivity contribution in [2.45, 2.75) is 20.4 Å². The number of aromatic nitrogens is 2. The second-order valence-electron chi connectivity index (χ2n) is 6.63. The minimum atomic E-state index is -0.160. The largest absolute Gasteiger partial charge is 0.490 e. The number of nitrogens with one attached hydrogen (secondary N) is 1. The summed E-state index contributed by atoms with van der Waals surface area (Å²) in [7, 11) is 1.82. The zero-order valence-electron chi connectivity index (χ0n) is 17.4. The van der Waals surface area contributed by atoms with Gasteiger partial charge in [0.05, 0.1) is 26.3 Å². The summed E-state index contributed by atoms with van der Waals surface area (Å²) in [4.78, 5) is 18.6. The van der Waals surface area contributed by atoms with Crippen molar-refractivity contribution in [1.82, 2.24) is 15.0 Å². The lowest BCUT2D eigenvalue weighted by atomic mass is 10.2. The first-order chi connectivity index (χ1) is 14.6. The molecule has 0 aliphatic heterocycles. The van der Waals surface area contributed by atoms with E-state index in [4.69, 9.17) is 14.0 Å². The monoisotopic (exact) mass is 410 g/mol. The molecule has 1 amide bonds. The molecule has 0 spiro atoms. The Morgan fingerprint density at radius 2 is 1.80 bits per heavy atom. The van der Waals surface area contributed by atoms with Crippen LogP contribution < -0.4 is 14.8 Å². The van der Waals surface area contributed by atoms with Crippen molar-refractivity contribution in [3.63, 3.8) is 0 Å². The topological polar surface area (TPSA) is 89.7 Å². The minimum absolute atomic E-state index is 0.160. The van der Waals surface area contributed by atoms with E-state index in [0.29, 0.717) is 48.7 Å². The van der Waals surface area contributed by atoms with Crippen LogP contribution in [-0.2, 0) is 11.3 Å². The lowest BCUT2D eigenvalue weighted by Crippen LogP contribution is -2.29. The van der Waals surface area contributed by atoms with Crippen LogP contribution in [0.3, 0.4) is 0 Å². The molecule has 1 N–H and O–H groups in total. The Morgan fingerprint density at radius 3 is 2.53 bits per heavy atom. The van der Waals surface area contributed by atoms with Crippen molar-refractivity contribution in [2.24, 2.45) is 0 Å². The standard InChI is InChI=1S/C22H26N4O4/c1-4-28-18-12-11-17(13-19(18)29-5-2)23-20(27)14-26(3)15-21-24-22(25-30-21)16-9-7-6-8-10-16/h6-13H,4-5,14-15H2,1-3H3,(H,23,27). The molecule has 1 aromatic heterocycles. The van der Waals surface area contributed by atoms with Crippen LogP contribution in [-0.4, -0.2) is 47.8 Å².